The summed E-state index contributed by atoms with van der Waals surface area (Å²) in [6.07, 6.45) is 1.01. The number of β-amino-alcohol motifs (C(OH)–C–C–N with tert-alkyl or cyclic N) is 1. The molecule has 4 rings (SSSR count). The maximum atomic E-state index is 13.4. The molecule has 168 valence electrons. The minimum atomic E-state index is -1.13. The second kappa shape index (κ2) is 7.80. The molecule has 9 heteroatoms. The molecule has 0 aliphatic carbocycles. The summed E-state index contributed by atoms with van der Waals surface area (Å²) in [5.74, 6) is -2.20. The lowest BCUT2D eigenvalue weighted by Gasteiger charge is -2.33. The third kappa shape index (κ3) is 3.18. The lowest BCUT2D eigenvalue weighted by atomic mass is 9.66. The first-order chi connectivity index (χ1) is 14.8. The minimum Gasteiger partial charge on any atom is -0.497 e. The quantitative estimate of drug-likeness (QED) is 0.617. The summed E-state index contributed by atoms with van der Waals surface area (Å²) in [5, 5.41) is 12.4. The first-order valence-electron chi connectivity index (χ1n) is 10.5. The van der Waals surface area contributed by atoms with E-state index in [1.807, 2.05) is 6.92 Å². The number of hydrogen-bond acceptors (Lipinski definition) is 7. The van der Waals surface area contributed by atoms with Gasteiger partial charge in [-0.1, -0.05) is 0 Å². The number of rotatable bonds is 7. The maximum absolute atomic E-state index is 13.4. The zero-order chi connectivity index (χ0) is 22.4. The first kappa shape index (κ1) is 21.6. The average molecular weight is 432 g/mol. The summed E-state index contributed by atoms with van der Waals surface area (Å²) in [5.41, 5.74) is -1.45. The Bertz CT molecular complexity index is 888. The van der Waals surface area contributed by atoms with E-state index in [0.29, 0.717) is 24.3 Å². The Kier molecular flexibility index (Phi) is 5.43. The van der Waals surface area contributed by atoms with Gasteiger partial charge in [-0.15, -0.1) is 0 Å². The minimum absolute atomic E-state index is 0.0204. The number of anilines is 1. The number of carbonyl (C=O) groups excluding carboxylic acids is 3. The molecule has 3 heterocycles. The van der Waals surface area contributed by atoms with E-state index in [0.717, 1.165) is 0 Å². The third-order valence-corrected chi connectivity index (χ3v) is 6.76. The lowest BCUT2D eigenvalue weighted by Crippen LogP contribution is -2.53. The van der Waals surface area contributed by atoms with Crippen LogP contribution in [0, 0.1) is 11.8 Å². The second-order valence-electron chi connectivity index (χ2n) is 8.45. The van der Waals surface area contributed by atoms with Crippen molar-refractivity contribution in [2.75, 3.05) is 32.2 Å². The Morgan fingerprint density at radius 2 is 2.00 bits per heavy atom. The van der Waals surface area contributed by atoms with Crippen molar-refractivity contribution in [3.05, 3.63) is 24.3 Å². The second-order valence-corrected chi connectivity index (χ2v) is 8.45. The fourth-order valence-corrected chi connectivity index (χ4v) is 5.55. The molecule has 0 radical (unpaired) electrons. The van der Waals surface area contributed by atoms with E-state index in [9.17, 15) is 19.5 Å². The number of likely N-dealkylation sites (tertiary alicyclic amines) is 1. The van der Waals surface area contributed by atoms with Gasteiger partial charge in [0.2, 0.25) is 11.8 Å². The van der Waals surface area contributed by atoms with Crippen molar-refractivity contribution in [1.82, 2.24) is 4.90 Å². The largest absolute Gasteiger partial charge is 0.497 e. The van der Waals surface area contributed by atoms with Gasteiger partial charge in [0.25, 0.3) is 0 Å². The molecule has 3 aliphatic rings. The SMILES string of the molecule is CCOC(=O)[C@H]1[C@H]2C(=O)N(CCO)C(C(=O)Nc3ccc(OC)cc3)C23CC[C@]1(C)O3. The topological polar surface area (TPSA) is 114 Å². The zero-order valence-corrected chi connectivity index (χ0v) is 17.9. The first-order valence-corrected chi connectivity index (χ1v) is 10.5. The molecule has 3 fully saturated rings. The van der Waals surface area contributed by atoms with Gasteiger partial charge in [-0.2, -0.15) is 0 Å². The van der Waals surface area contributed by atoms with Crippen LogP contribution in [-0.2, 0) is 23.9 Å². The summed E-state index contributed by atoms with van der Waals surface area (Å²) in [6, 6.07) is 5.89. The Hall–Kier alpha value is -2.65. The number of ether oxygens (including phenoxy) is 3. The molecule has 2 unspecified atom stereocenters. The number of esters is 1. The van der Waals surface area contributed by atoms with E-state index in [1.54, 1.807) is 38.3 Å². The van der Waals surface area contributed by atoms with Crippen molar-refractivity contribution in [2.24, 2.45) is 11.8 Å². The Labute approximate surface area is 180 Å². The maximum Gasteiger partial charge on any atom is 0.312 e. The van der Waals surface area contributed by atoms with Crippen molar-refractivity contribution in [1.29, 1.82) is 0 Å². The number of carbonyl (C=O) groups is 3. The molecular weight excluding hydrogens is 404 g/mol. The zero-order valence-electron chi connectivity index (χ0n) is 17.9. The Morgan fingerprint density at radius 1 is 1.29 bits per heavy atom. The van der Waals surface area contributed by atoms with Gasteiger partial charge in [0, 0.05) is 12.2 Å². The molecule has 31 heavy (non-hydrogen) atoms. The highest BCUT2D eigenvalue weighted by atomic mass is 16.6. The Balaban J connectivity index is 1.68. The number of nitrogens with zero attached hydrogens (tertiary/aromatic N) is 1. The van der Waals surface area contributed by atoms with Gasteiger partial charge in [0.1, 0.15) is 23.3 Å². The number of benzene rings is 1. The van der Waals surface area contributed by atoms with Gasteiger partial charge in [-0.25, -0.2) is 0 Å². The van der Waals surface area contributed by atoms with Crippen molar-refractivity contribution in [2.45, 2.75) is 43.9 Å². The molecule has 2 amide bonds. The lowest BCUT2D eigenvalue weighted by molar-refractivity contribution is -0.159. The molecule has 3 aliphatic heterocycles. The molecule has 1 spiro atoms. The van der Waals surface area contributed by atoms with Gasteiger partial charge < -0.3 is 29.5 Å². The summed E-state index contributed by atoms with van der Waals surface area (Å²) < 4.78 is 16.8. The molecule has 2 N–H and O–H groups in total. The van der Waals surface area contributed by atoms with Gasteiger partial charge in [0.05, 0.1) is 31.8 Å². The van der Waals surface area contributed by atoms with Crippen molar-refractivity contribution in [3.63, 3.8) is 0 Å². The van der Waals surface area contributed by atoms with Crippen LogP contribution in [0.3, 0.4) is 0 Å². The summed E-state index contributed by atoms with van der Waals surface area (Å²) in [4.78, 5) is 41.0. The average Bonchev–Trinajstić information content (AvgIpc) is 3.30. The number of fused-ring (bicyclic) bond motifs is 1. The smallest absolute Gasteiger partial charge is 0.312 e. The fourth-order valence-electron chi connectivity index (χ4n) is 5.55. The molecule has 1 aromatic carbocycles. The third-order valence-electron chi connectivity index (χ3n) is 6.76. The predicted octanol–water partition coefficient (Wildman–Crippen LogP) is 0.954. The van der Waals surface area contributed by atoms with E-state index in [1.165, 1.54) is 4.90 Å². The van der Waals surface area contributed by atoms with Crippen LogP contribution in [0.25, 0.3) is 0 Å². The molecule has 1 aromatic rings. The van der Waals surface area contributed by atoms with Crippen molar-refractivity contribution >= 4 is 23.5 Å². The standard InChI is InChI=1S/C22H28N2O7/c1-4-30-20(28)16-15-19(27)24(11-12-25)17(22(15)10-9-21(16,2)31-22)18(26)23-13-5-7-14(29-3)8-6-13/h5-8,15-17,25H,4,9-12H2,1-3H3,(H,23,26)/t15-,16+,17?,21-,22?/m0/s1. The predicted molar refractivity (Wildman–Crippen MR) is 109 cm³/mol. The van der Waals surface area contributed by atoms with Crippen LogP contribution in [0.1, 0.15) is 26.7 Å². The molecule has 5 atom stereocenters. The van der Waals surface area contributed by atoms with Gasteiger partial charge >= 0.3 is 5.97 Å². The van der Waals surface area contributed by atoms with Crippen LogP contribution < -0.4 is 10.1 Å². The number of nitrogens with one attached hydrogen (secondary N) is 1. The van der Waals surface area contributed by atoms with E-state index >= 15 is 0 Å². The molecular formula is C22H28N2O7. The molecule has 0 aromatic heterocycles. The van der Waals surface area contributed by atoms with Crippen molar-refractivity contribution in [3.8, 4) is 5.75 Å². The summed E-state index contributed by atoms with van der Waals surface area (Å²) in [6.45, 7) is 3.39. The number of amides is 2. The van der Waals surface area contributed by atoms with Crippen LogP contribution in [0.15, 0.2) is 24.3 Å². The highest BCUT2D eigenvalue weighted by Crippen LogP contribution is 2.63. The summed E-state index contributed by atoms with van der Waals surface area (Å²) in [7, 11) is 1.55. The summed E-state index contributed by atoms with van der Waals surface area (Å²) >= 11 is 0. The van der Waals surface area contributed by atoms with Gasteiger partial charge in [-0.05, 0) is 51.0 Å². The Morgan fingerprint density at radius 3 is 2.61 bits per heavy atom. The van der Waals surface area contributed by atoms with Crippen molar-refractivity contribution < 1.29 is 33.7 Å². The normalized spacial score (nSPS) is 33.4. The van der Waals surface area contributed by atoms with E-state index in [2.05, 4.69) is 5.32 Å². The van der Waals surface area contributed by atoms with Crippen LogP contribution in [0.5, 0.6) is 5.75 Å². The van der Waals surface area contributed by atoms with E-state index < -0.39 is 41.0 Å². The van der Waals surface area contributed by atoms with Crippen LogP contribution in [0.2, 0.25) is 0 Å². The van der Waals surface area contributed by atoms with Crippen LogP contribution >= 0.6 is 0 Å². The monoisotopic (exact) mass is 432 g/mol. The number of methoxy groups -OCH3 is 1. The molecule has 9 nitrogen and oxygen atoms in total. The molecule has 2 bridgehead atoms. The van der Waals surface area contributed by atoms with Crippen LogP contribution in [0.4, 0.5) is 5.69 Å². The van der Waals surface area contributed by atoms with E-state index in [-0.39, 0.29) is 25.7 Å². The van der Waals surface area contributed by atoms with Crippen LogP contribution in [-0.4, -0.2) is 71.9 Å². The van der Waals surface area contributed by atoms with E-state index in [4.69, 9.17) is 14.2 Å². The van der Waals surface area contributed by atoms with Gasteiger partial charge in [-0.3, -0.25) is 14.4 Å². The highest BCUT2D eigenvalue weighted by Gasteiger charge is 2.78. The number of hydrogen-bond donors (Lipinski definition) is 2. The molecule has 0 saturated carbocycles. The fraction of sp³-hybridized carbons (Fsp3) is 0.591. The number of aliphatic hydroxyl groups excluding tert-OH is 1. The number of aliphatic hydroxyl groups is 1. The van der Waals surface area contributed by atoms with Gasteiger partial charge in [0.15, 0.2) is 0 Å². The highest BCUT2D eigenvalue weighted by molar-refractivity contribution is 6.03. The molecule has 3 saturated heterocycles.